The smallest absolute Gasteiger partial charge is 0.305 e. The van der Waals surface area contributed by atoms with Gasteiger partial charge in [-0.15, -0.1) is 0 Å². The third kappa shape index (κ3) is 5.74. The summed E-state index contributed by atoms with van der Waals surface area (Å²) in [5.41, 5.74) is 6.87. The number of anilines is 2. The van der Waals surface area contributed by atoms with E-state index in [0.717, 1.165) is 66.8 Å². The molecule has 5 rings (SSSR count). The summed E-state index contributed by atoms with van der Waals surface area (Å²) in [4.78, 5) is 25.6. The highest BCUT2D eigenvalue weighted by atomic mass is 16.4. The van der Waals surface area contributed by atoms with Gasteiger partial charge in [0.05, 0.1) is 35.4 Å². The number of pyridine rings is 1. The monoisotopic (exact) mass is 494 g/mol. The van der Waals surface area contributed by atoms with Crippen LogP contribution in [0.1, 0.15) is 53.4 Å². The number of aryl methyl sites for hydroxylation is 3. The quantitative estimate of drug-likeness (QED) is 0.224. The van der Waals surface area contributed by atoms with E-state index in [0.29, 0.717) is 16.9 Å². The summed E-state index contributed by atoms with van der Waals surface area (Å²) in [6.07, 6.45) is 7.54. The Hall–Kier alpha value is -4.33. The Balaban J connectivity index is 1.33. The molecule has 0 aliphatic carbocycles. The van der Waals surface area contributed by atoms with Crippen molar-refractivity contribution in [3.05, 3.63) is 88.9 Å². The summed E-state index contributed by atoms with van der Waals surface area (Å²) in [5.74, 6) is 0.0726. The lowest BCUT2D eigenvalue weighted by Crippen LogP contribution is -2.18. The Morgan fingerprint density at radius 2 is 1.95 bits per heavy atom. The van der Waals surface area contributed by atoms with E-state index in [1.165, 1.54) is 11.8 Å². The van der Waals surface area contributed by atoms with Gasteiger partial charge in [-0.2, -0.15) is 0 Å². The van der Waals surface area contributed by atoms with Crippen molar-refractivity contribution < 1.29 is 9.90 Å². The number of rotatable bonds is 10. The lowest BCUT2D eigenvalue weighted by atomic mass is 9.98. The van der Waals surface area contributed by atoms with Crippen LogP contribution in [0.3, 0.4) is 0 Å². The zero-order chi connectivity index (χ0) is 25.6. The van der Waals surface area contributed by atoms with Gasteiger partial charge in [0, 0.05) is 29.7 Å². The number of carboxylic acid groups (broad SMARTS) is 1. The summed E-state index contributed by atoms with van der Waals surface area (Å²) >= 11 is 0. The van der Waals surface area contributed by atoms with E-state index >= 15 is 0 Å². The molecule has 2 aromatic carbocycles. The highest BCUT2D eigenvalue weighted by molar-refractivity contribution is 5.88. The lowest BCUT2D eigenvalue weighted by molar-refractivity contribution is -0.137. The topological polar surface area (TPSA) is 124 Å². The van der Waals surface area contributed by atoms with Gasteiger partial charge in [0.15, 0.2) is 0 Å². The van der Waals surface area contributed by atoms with Gasteiger partial charge in [-0.3, -0.25) is 9.78 Å². The fourth-order valence-corrected chi connectivity index (χ4v) is 4.83. The summed E-state index contributed by atoms with van der Waals surface area (Å²) in [6, 6.07) is 17.1. The Labute approximate surface area is 215 Å². The van der Waals surface area contributed by atoms with Crippen LogP contribution in [0.4, 0.5) is 11.5 Å². The van der Waals surface area contributed by atoms with Crippen molar-refractivity contribution in [3.8, 4) is 0 Å². The summed E-state index contributed by atoms with van der Waals surface area (Å²) in [7, 11) is 0. The number of para-hydroxylation sites is 2. The van der Waals surface area contributed by atoms with E-state index in [2.05, 4.69) is 32.7 Å². The summed E-state index contributed by atoms with van der Waals surface area (Å²) < 4.78 is 0. The molecule has 0 fully saturated rings. The van der Waals surface area contributed by atoms with Gasteiger partial charge < -0.3 is 21.1 Å². The number of hydrogen-bond acceptors (Lipinski definition) is 7. The van der Waals surface area contributed by atoms with Crippen LogP contribution in [0.5, 0.6) is 0 Å². The number of nitrogens with zero attached hydrogens (tertiary/aromatic N) is 3. The molecule has 3 heterocycles. The second-order valence-corrected chi connectivity index (χ2v) is 9.30. The minimum absolute atomic E-state index is 0.160. The summed E-state index contributed by atoms with van der Waals surface area (Å²) in [5, 5.41) is 24.4. The van der Waals surface area contributed by atoms with Crippen molar-refractivity contribution >= 4 is 34.7 Å². The third-order valence-corrected chi connectivity index (χ3v) is 6.70. The fourth-order valence-electron chi connectivity index (χ4n) is 4.83. The minimum atomic E-state index is -0.938. The van der Waals surface area contributed by atoms with Gasteiger partial charge in [-0.25, -0.2) is 9.97 Å². The molecule has 1 aliphatic heterocycles. The number of carboxylic acids is 1. The molecule has 1 aliphatic rings. The van der Waals surface area contributed by atoms with Gasteiger partial charge in [0.25, 0.3) is 0 Å². The first-order valence-corrected chi connectivity index (χ1v) is 12.7. The zero-order valence-electron chi connectivity index (χ0n) is 20.6. The van der Waals surface area contributed by atoms with Gasteiger partial charge in [0.2, 0.25) is 0 Å². The van der Waals surface area contributed by atoms with Crippen LogP contribution in [0.2, 0.25) is 0 Å². The summed E-state index contributed by atoms with van der Waals surface area (Å²) in [6.45, 7) is 0.972. The molecule has 8 nitrogen and oxygen atoms in total. The van der Waals surface area contributed by atoms with Gasteiger partial charge >= 0.3 is 5.97 Å². The number of benzene rings is 2. The SMILES string of the molecule is N=Cc1c(CCCc2ccc3c(n2)NCCC3)cccc1NC(CC(=O)O)c1cnc2ccccc2n1. The Morgan fingerprint density at radius 1 is 1.08 bits per heavy atom. The fraction of sp³-hybridized carbons (Fsp3) is 0.276. The van der Waals surface area contributed by atoms with Crippen LogP contribution < -0.4 is 10.6 Å². The maximum absolute atomic E-state index is 11.7. The lowest BCUT2D eigenvalue weighted by Gasteiger charge is -2.21. The zero-order valence-corrected chi connectivity index (χ0v) is 20.6. The van der Waals surface area contributed by atoms with Gasteiger partial charge in [-0.05, 0) is 67.5 Å². The van der Waals surface area contributed by atoms with Gasteiger partial charge in [0.1, 0.15) is 5.82 Å². The second-order valence-electron chi connectivity index (χ2n) is 9.30. The molecule has 188 valence electrons. The van der Waals surface area contributed by atoms with Crippen molar-refractivity contribution in [1.82, 2.24) is 15.0 Å². The third-order valence-electron chi connectivity index (χ3n) is 6.70. The Bertz CT molecular complexity index is 1440. The molecule has 0 amide bonds. The maximum Gasteiger partial charge on any atom is 0.305 e. The van der Waals surface area contributed by atoms with Crippen molar-refractivity contribution in [2.75, 3.05) is 17.2 Å². The molecule has 4 aromatic rings. The molecule has 0 saturated carbocycles. The van der Waals surface area contributed by atoms with Crippen molar-refractivity contribution in [1.29, 1.82) is 5.41 Å². The molecular formula is C29H30N6O2. The Kier molecular flexibility index (Phi) is 7.35. The first-order valence-electron chi connectivity index (χ1n) is 12.7. The van der Waals surface area contributed by atoms with E-state index in [1.807, 2.05) is 42.5 Å². The number of hydrogen-bond donors (Lipinski definition) is 4. The standard InChI is InChI=1S/C29H30N6O2/c30-17-22-19(6-3-9-21-14-13-20-8-5-15-31-29(20)33-21)7-4-12-23(22)34-26(16-28(36)37)27-18-32-24-10-1-2-11-25(24)35-27/h1-2,4,7,10-14,17-18,26,30,34H,3,5-6,8-9,15-16H2,(H,31,33)(H,36,37). The van der Waals surface area contributed by atoms with Crippen LogP contribution in [0.25, 0.3) is 11.0 Å². The molecule has 37 heavy (non-hydrogen) atoms. The molecule has 0 saturated heterocycles. The molecule has 0 bridgehead atoms. The molecule has 0 spiro atoms. The van der Waals surface area contributed by atoms with E-state index in [4.69, 9.17) is 10.4 Å². The predicted octanol–water partition coefficient (Wildman–Crippen LogP) is 5.18. The van der Waals surface area contributed by atoms with Crippen LogP contribution in [-0.2, 0) is 24.1 Å². The second kappa shape index (κ2) is 11.2. The number of nitrogens with one attached hydrogen (secondary N) is 3. The van der Waals surface area contributed by atoms with E-state index in [1.54, 1.807) is 6.20 Å². The average molecular weight is 495 g/mol. The minimum Gasteiger partial charge on any atom is -0.481 e. The highest BCUT2D eigenvalue weighted by Crippen LogP contribution is 2.27. The Morgan fingerprint density at radius 3 is 2.78 bits per heavy atom. The van der Waals surface area contributed by atoms with Crippen molar-refractivity contribution in [2.45, 2.75) is 44.6 Å². The van der Waals surface area contributed by atoms with Gasteiger partial charge in [-0.1, -0.05) is 30.3 Å². The number of carbonyl (C=O) groups is 1. The average Bonchev–Trinajstić information content (AvgIpc) is 2.92. The van der Waals surface area contributed by atoms with Crippen LogP contribution >= 0.6 is 0 Å². The van der Waals surface area contributed by atoms with E-state index in [9.17, 15) is 9.90 Å². The van der Waals surface area contributed by atoms with Crippen LogP contribution in [0, 0.1) is 5.41 Å². The molecule has 0 radical (unpaired) electrons. The molecule has 4 N–H and O–H groups in total. The predicted molar refractivity (Wildman–Crippen MR) is 146 cm³/mol. The number of aliphatic carboxylic acids is 1. The van der Waals surface area contributed by atoms with Crippen LogP contribution in [-0.4, -0.2) is 38.8 Å². The van der Waals surface area contributed by atoms with Crippen molar-refractivity contribution in [2.24, 2.45) is 0 Å². The van der Waals surface area contributed by atoms with E-state index in [-0.39, 0.29) is 6.42 Å². The number of aromatic nitrogens is 3. The maximum atomic E-state index is 11.7. The first-order chi connectivity index (χ1) is 18.1. The van der Waals surface area contributed by atoms with E-state index < -0.39 is 12.0 Å². The molecule has 1 unspecified atom stereocenters. The van der Waals surface area contributed by atoms with Crippen molar-refractivity contribution in [3.63, 3.8) is 0 Å². The first kappa shape index (κ1) is 24.4. The largest absolute Gasteiger partial charge is 0.481 e. The highest BCUT2D eigenvalue weighted by Gasteiger charge is 2.20. The molecule has 8 heteroatoms. The molecule has 1 atom stereocenters. The van der Waals surface area contributed by atoms with Crippen LogP contribution in [0.15, 0.2) is 60.8 Å². The molecular weight excluding hydrogens is 464 g/mol. The molecule has 2 aromatic heterocycles. The normalized spacial score (nSPS) is 13.4. The number of fused-ring (bicyclic) bond motifs is 2.